The lowest BCUT2D eigenvalue weighted by Gasteiger charge is -2.13. The van der Waals surface area contributed by atoms with Crippen molar-refractivity contribution in [1.29, 1.82) is 0 Å². The minimum Gasteiger partial charge on any atom is -0.310 e. The summed E-state index contributed by atoms with van der Waals surface area (Å²) in [7, 11) is 1.83. The molecule has 76 valence electrons. The molecule has 14 heavy (non-hydrogen) atoms. The summed E-state index contributed by atoms with van der Waals surface area (Å²) in [5.74, 6) is 0.190. The Labute approximate surface area is 85.3 Å². The number of carbonyl (C=O) groups is 1. The van der Waals surface area contributed by atoms with Crippen molar-refractivity contribution in [2.24, 2.45) is 0 Å². The highest BCUT2D eigenvalue weighted by Gasteiger charge is 2.16. The third kappa shape index (κ3) is 2.67. The quantitative estimate of drug-likeness (QED) is 0.723. The van der Waals surface area contributed by atoms with Gasteiger partial charge in [-0.1, -0.05) is 43.7 Å². The normalized spacial score (nSPS) is 12.4. The van der Waals surface area contributed by atoms with Crippen LogP contribution in [0.25, 0.3) is 0 Å². The van der Waals surface area contributed by atoms with E-state index in [4.69, 9.17) is 0 Å². The van der Waals surface area contributed by atoms with Crippen LogP contribution in [-0.4, -0.2) is 18.9 Å². The van der Waals surface area contributed by atoms with Crippen LogP contribution in [0.2, 0.25) is 0 Å². The number of carbonyl (C=O) groups excluding carboxylic acids is 1. The third-order valence-electron chi connectivity index (χ3n) is 2.30. The van der Waals surface area contributed by atoms with Crippen LogP contribution >= 0.6 is 0 Å². The van der Waals surface area contributed by atoms with Crippen LogP contribution in [0.4, 0.5) is 0 Å². The van der Waals surface area contributed by atoms with Crippen molar-refractivity contribution in [3.05, 3.63) is 35.9 Å². The first-order chi connectivity index (χ1) is 6.79. The van der Waals surface area contributed by atoms with E-state index in [-0.39, 0.29) is 11.8 Å². The first-order valence-corrected chi connectivity index (χ1v) is 5.06. The van der Waals surface area contributed by atoms with Gasteiger partial charge in [-0.3, -0.25) is 4.79 Å². The fraction of sp³-hybridized carbons (Fsp3) is 0.417. The van der Waals surface area contributed by atoms with Crippen molar-refractivity contribution in [3.8, 4) is 0 Å². The Morgan fingerprint density at radius 2 is 2.00 bits per heavy atom. The monoisotopic (exact) mass is 191 g/mol. The molecular weight excluding hydrogens is 174 g/mol. The van der Waals surface area contributed by atoms with E-state index in [1.165, 1.54) is 0 Å². The van der Waals surface area contributed by atoms with Gasteiger partial charge < -0.3 is 5.32 Å². The summed E-state index contributed by atoms with van der Waals surface area (Å²) in [6, 6.07) is 9.40. The van der Waals surface area contributed by atoms with Crippen molar-refractivity contribution in [3.63, 3.8) is 0 Å². The predicted octanol–water partition coefficient (Wildman–Crippen LogP) is 2.26. The summed E-state index contributed by atoms with van der Waals surface area (Å²) < 4.78 is 0. The van der Waals surface area contributed by atoms with E-state index in [1.807, 2.05) is 37.4 Å². The fourth-order valence-corrected chi connectivity index (χ4v) is 1.50. The smallest absolute Gasteiger partial charge is 0.179 e. The zero-order chi connectivity index (χ0) is 10.4. The minimum absolute atomic E-state index is 0.0394. The van der Waals surface area contributed by atoms with Gasteiger partial charge in [0.05, 0.1) is 6.04 Å². The van der Waals surface area contributed by atoms with Gasteiger partial charge in [-0.25, -0.2) is 0 Å². The number of ketones is 1. The number of Topliss-reactive ketones (excluding diaryl/α,β-unsaturated/α-hetero) is 1. The van der Waals surface area contributed by atoms with E-state index >= 15 is 0 Å². The molecule has 1 atom stereocenters. The summed E-state index contributed by atoms with van der Waals surface area (Å²) in [5.41, 5.74) is 0.792. The molecule has 1 rings (SSSR count). The van der Waals surface area contributed by atoms with E-state index in [1.54, 1.807) is 0 Å². The van der Waals surface area contributed by atoms with Crippen molar-refractivity contribution in [1.82, 2.24) is 5.32 Å². The summed E-state index contributed by atoms with van der Waals surface area (Å²) in [6.07, 6.45) is 1.91. The molecule has 0 radical (unpaired) electrons. The number of hydrogen-bond acceptors (Lipinski definition) is 2. The van der Waals surface area contributed by atoms with E-state index in [9.17, 15) is 4.79 Å². The molecule has 0 aliphatic rings. The molecule has 0 unspecified atom stereocenters. The Kier molecular flexibility index (Phi) is 4.33. The molecule has 2 heteroatoms. The van der Waals surface area contributed by atoms with Crippen molar-refractivity contribution >= 4 is 5.78 Å². The van der Waals surface area contributed by atoms with E-state index in [0.717, 1.165) is 18.4 Å². The van der Waals surface area contributed by atoms with Gasteiger partial charge in [0, 0.05) is 5.56 Å². The Hall–Kier alpha value is -1.15. The third-order valence-corrected chi connectivity index (χ3v) is 2.30. The second-order valence-electron chi connectivity index (χ2n) is 3.36. The van der Waals surface area contributed by atoms with E-state index in [0.29, 0.717) is 0 Å². The zero-order valence-corrected chi connectivity index (χ0v) is 8.79. The molecule has 0 amide bonds. The zero-order valence-electron chi connectivity index (χ0n) is 8.79. The first kappa shape index (κ1) is 10.9. The Bertz CT molecular complexity index is 282. The topological polar surface area (TPSA) is 29.1 Å². The molecule has 0 heterocycles. The molecule has 0 bridgehead atoms. The molecule has 0 saturated heterocycles. The van der Waals surface area contributed by atoms with E-state index in [2.05, 4.69) is 12.2 Å². The molecule has 0 saturated carbocycles. The van der Waals surface area contributed by atoms with Gasteiger partial charge in [-0.15, -0.1) is 0 Å². The molecule has 1 aromatic rings. The highest BCUT2D eigenvalue weighted by atomic mass is 16.1. The number of nitrogens with one attached hydrogen (secondary N) is 1. The van der Waals surface area contributed by atoms with Gasteiger partial charge in [0.2, 0.25) is 0 Å². The van der Waals surface area contributed by atoms with Crippen molar-refractivity contribution in [2.45, 2.75) is 25.8 Å². The lowest BCUT2D eigenvalue weighted by Crippen LogP contribution is -2.33. The van der Waals surface area contributed by atoms with E-state index < -0.39 is 0 Å². The standard InChI is InChI=1S/C12H17NO/c1-3-7-11(13-2)12(14)10-8-5-4-6-9-10/h4-6,8-9,11,13H,3,7H2,1-2H3/t11-/m1/s1. The second-order valence-corrected chi connectivity index (χ2v) is 3.36. The van der Waals surface area contributed by atoms with Gasteiger partial charge in [-0.2, -0.15) is 0 Å². The molecule has 1 N–H and O–H groups in total. The van der Waals surface area contributed by atoms with Crippen molar-refractivity contribution < 1.29 is 4.79 Å². The van der Waals surface area contributed by atoms with Crippen LogP contribution in [0.15, 0.2) is 30.3 Å². The minimum atomic E-state index is -0.0394. The maximum atomic E-state index is 11.9. The number of hydrogen-bond donors (Lipinski definition) is 1. The van der Waals surface area contributed by atoms with Gasteiger partial charge in [0.15, 0.2) is 5.78 Å². The number of rotatable bonds is 5. The molecule has 0 spiro atoms. The first-order valence-electron chi connectivity index (χ1n) is 5.06. The molecular formula is C12H17NO. The molecule has 2 nitrogen and oxygen atoms in total. The lowest BCUT2D eigenvalue weighted by molar-refractivity contribution is 0.0942. The van der Waals surface area contributed by atoms with Gasteiger partial charge in [0.25, 0.3) is 0 Å². The van der Waals surface area contributed by atoms with Crippen LogP contribution in [0.3, 0.4) is 0 Å². The largest absolute Gasteiger partial charge is 0.310 e. The number of likely N-dealkylation sites (N-methyl/N-ethyl adjacent to an activating group) is 1. The average molecular weight is 191 g/mol. The predicted molar refractivity (Wildman–Crippen MR) is 58.5 cm³/mol. The molecule has 1 aromatic carbocycles. The Morgan fingerprint density at radius 1 is 1.36 bits per heavy atom. The molecule has 0 fully saturated rings. The van der Waals surface area contributed by atoms with Crippen molar-refractivity contribution in [2.75, 3.05) is 7.05 Å². The SMILES string of the molecule is CCC[C@@H](NC)C(=O)c1ccccc1. The average Bonchev–Trinajstić information content (AvgIpc) is 2.26. The summed E-state index contributed by atoms with van der Waals surface area (Å²) in [5, 5.41) is 3.05. The number of benzene rings is 1. The summed E-state index contributed by atoms with van der Waals surface area (Å²) in [6.45, 7) is 2.09. The highest BCUT2D eigenvalue weighted by molar-refractivity contribution is 6.00. The Balaban J connectivity index is 2.73. The lowest BCUT2D eigenvalue weighted by atomic mass is 10.0. The Morgan fingerprint density at radius 3 is 2.50 bits per heavy atom. The maximum absolute atomic E-state index is 11.9. The van der Waals surface area contributed by atoms with Gasteiger partial charge in [-0.05, 0) is 13.5 Å². The van der Waals surface area contributed by atoms with Gasteiger partial charge in [0.1, 0.15) is 0 Å². The maximum Gasteiger partial charge on any atom is 0.179 e. The second kappa shape index (κ2) is 5.55. The van der Waals surface area contributed by atoms with Gasteiger partial charge >= 0.3 is 0 Å². The molecule has 0 aromatic heterocycles. The van der Waals surface area contributed by atoms with Crippen LogP contribution in [0, 0.1) is 0 Å². The van der Waals surface area contributed by atoms with Crippen LogP contribution in [-0.2, 0) is 0 Å². The van der Waals surface area contributed by atoms with Crippen LogP contribution in [0.5, 0.6) is 0 Å². The van der Waals surface area contributed by atoms with Crippen LogP contribution in [0.1, 0.15) is 30.1 Å². The molecule has 0 aliphatic heterocycles. The fourth-order valence-electron chi connectivity index (χ4n) is 1.50. The summed E-state index contributed by atoms with van der Waals surface area (Å²) in [4.78, 5) is 11.9. The highest BCUT2D eigenvalue weighted by Crippen LogP contribution is 2.07. The van der Waals surface area contributed by atoms with Crippen LogP contribution < -0.4 is 5.32 Å². The molecule has 0 aliphatic carbocycles. The summed E-state index contributed by atoms with van der Waals surface area (Å²) >= 11 is 0.